The summed E-state index contributed by atoms with van der Waals surface area (Å²) in [5.74, 6) is 0. The van der Waals surface area contributed by atoms with E-state index in [1.165, 1.54) is 0 Å². The molecule has 0 aliphatic heterocycles. The molecule has 0 radical (unpaired) electrons. The summed E-state index contributed by atoms with van der Waals surface area (Å²) in [7, 11) is -14.3. The summed E-state index contributed by atoms with van der Waals surface area (Å²) in [5, 5.41) is 0. The third kappa shape index (κ3) is 14.6. The van der Waals surface area contributed by atoms with E-state index in [0.717, 1.165) is 0 Å². The van der Waals surface area contributed by atoms with Gasteiger partial charge in [0.25, 0.3) is 10.1 Å². The fraction of sp³-hybridized carbons (Fsp3) is 1.00. The summed E-state index contributed by atoms with van der Waals surface area (Å²) in [5.41, 5.74) is 0. The Morgan fingerprint density at radius 1 is 0.692 bits per heavy atom. The monoisotopic (exact) mass is 258 g/mol. The van der Waals surface area contributed by atoms with E-state index in [-0.39, 0.29) is 0 Å². The van der Waals surface area contributed by atoms with Crippen LogP contribution in [0.15, 0.2) is 0 Å². The van der Waals surface area contributed by atoms with Gasteiger partial charge in [-0.2, -0.15) is 25.3 Å². The molecule has 0 aromatic heterocycles. The first-order valence-electron chi connectivity index (χ1n) is 2.12. The summed E-state index contributed by atoms with van der Waals surface area (Å²) in [4.78, 5) is 0. The van der Waals surface area contributed by atoms with Crippen LogP contribution in [0.1, 0.15) is 0 Å². The molecule has 0 unspecified atom stereocenters. The zero-order valence-electron chi connectivity index (χ0n) is 6.02. The molecule has 0 fully saturated rings. The summed E-state index contributed by atoms with van der Waals surface area (Å²) >= 11 is 0. The second-order valence-electron chi connectivity index (χ2n) is 1.59. The van der Waals surface area contributed by atoms with Crippen molar-refractivity contribution in [2.24, 2.45) is 0 Å². The van der Waals surface area contributed by atoms with E-state index in [1.54, 1.807) is 0 Å². The minimum atomic E-state index is -5.31. The average Bonchev–Trinajstić information content (AvgIpc) is 1.50. The van der Waals surface area contributed by atoms with Gasteiger partial charge in [0.2, 0.25) is 0 Å². The first-order chi connectivity index (χ1) is 5.25. The van der Waals surface area contributed by atoms with Gasteiger partial charge < -0.3 is 0 Å². The van der Waals surface area contributed by atoms with Crippen molar-refractivity contribution in [1.82, 2.24) is 0 Å². The maximum absolute atomic E-state index is 9.37. The molecule has 13 heavy (non-hydrogen) atoms. The highest BCUT2D eigenvalue weighted by atomic mass is 33.2. The second-order valence-corrected chi connectivity index (χ2v) is 7.29. The van der Waals surface area contributed by atoms with Gasteiger partial charge in [-0.15, -0.1) is 0 Å². The highest BCUT2D eigenvalue weighted by molar-refractivity contribution is 8.62. The molecule has 82 valence electrons. The highest BCUT2D eigenvalue weighted by Gasteiger charge is 2.22. The van der Waals surface area contributed by atoms with Crippen molar-refractivity contribution >= 4 is 28.4 Å². The quantitative estimate of drug-likeness (QED) is 0.363. The van der Waals surface area contributed by atoms with Crippen molar-refractivity contribution in [3.05, 3.63) is 0 Å². The molecule has 0 rings (SSSR count). The van der Waals surface area contributed by atoms with E-state index in [0.29, 0.717) is 6.26 Å². The predicted molar refractivity (Wildman–Crippen MR) is 40.6 cm³/mol. The second kappa shape index (κ2) is 4.30. The highest BCUT2D eigenvalue weighted by Crippen LogP contribution is 1.90. The first kappa shape index (κ1) is 15.2. The van der Waals surface area contributed by atoms with Gasteiger partial charge in [0, 0.05) is 0 Å². The summed E-state index contributed by atoms with van der Waals surface area (Å²) in [6.45, 7) is 0. The van der Waals surface area contributed by atoms with Gasteiger partial charge in [0.1, 0.15) is 0 Å². The molecule has 0 aromatic rings. The fourth-order valence-corrected chi connectivity index (χ4v) is 0. The fourth-order valence-electron chi connectivity index (χ4n) is 0. The molecule has 0 saturated carbocycles. The van der Waals surface area contributed by atoms with Crippen molar-refractivity contribution < 1.29 is 38.9 Å². The smallest absolute Gasteiger partial charge is 0.286 e. The molecule has 0 aliphatic rings. The van der Waals surface area contributed by atoms with Crippen LogP contribution in [-0.4, -0.2) is 45.2 Å². The van der Waals surface area contributed by atoms with E-state index in [2.05, 4.69) is 0 Å². The molecular formula is CH6O9S3. The minimum absolute atomic E-state index is 0.715. The molecule has 3 N–H and O–H groups in total. The van der Waals surface area contributed by atoms with E-state index < -0.39 is 28.4 Å². The van der Waals surface area contributed by atoms with E-state index >= 15 is 0 Å². The Kier molecular flexibility index (Phi) is 5.03. The number of hydrogen-bond acceptors (Lipinski definition) is 6. The van der Waals surface area contributed by atoms with Crippen LogP contribution in [-0.2, 0) is 28.4 Å². The third-order valence-electron chi connectivity index (χ3n) is 0.266. The molecular weight excluding hydrogens is 252 g/mol. The van der Waals surface area contributed by atoms with Gasteiger partial charge in [-0.3, -0.25) is 13.7 Å². The molecule has 0 aromatic carbocycles. The Bertz CT molecular complexity index is 393. The van der Waals surface area contributed by atoms with Crippen molar-refractivity contribution in [2.45, 2.75) is 0 Å². The Labute approximate surface area is 74.0 Å². The summed E-state index contributed by atoms with van der Waals surface area (Å²) in [6, 6.07) is 0. The lowest BCUT2D eigenvalue weighted by molar-refractivity contribution is 0.460. The Morgan fingerprint density at radius 3 is 0.769 bits per heavy atom. The van der Waals surface area contributed by atoms with Crippen LogP contribution in [0.5, 0.6) is 0 Å². The van der Waals surface area contributed by atoms with Crippen molar-refractivity contribution in [2.75, 3.05) is 6.26 Å². The summed E-state index contributed by atoms with van der Waals surface area (Å²) in [6.07, 6.45) is 0.715. The van der Waals surface area contributed by atoms with Gasteiger partial charge in [-0.25, -0.2) is 0 Å². The maximum atomic E-state index is 9.37. The molecule has 0 amide bonds. The van der Waals surface area contributed by atoms with Crippen molar-refractivity contribution in [3.8, 4) is 0 Å². The van der Waals surface area contributed by atoms with E-state index in [9.17, 15) is 25.3 Å². The molecule has 0 atom stereocenters. The van der Waals surface area contributed by atoms with Crippen LogP contribution in [0, 0.1) is 0 Å². The van der Waals surface area contributed by atoms with Crippen LogP contribution < -0.4 is 0 Å². The first-order valence-corrected chi connectivity index (χ1v) is 7.37. The van der Waals surface area contributed by atoms with Crippen molar-refractivity contribution in [1.29, 1.82) is 0 Å². The molecule has 0 aliphatic carbocycles. The zero-order chi connectivity index (χ0) is 11.5. The number of hydrogen-bond donors (Lipinski definition) is 3. The summed E-state index contributed by atoms with van der Waals surface area (Å²) < 4.78 is 78.3. The molecule has 0 bridgehead atoms. The molecule has 0 heterocycles. The van der Waals surface area contributed by atoms with Gasteiger partial charge >= 0.3 is 18.3 Å². The predicted octanol–water partition coefficient (Wildman–Crippen LogP) is -1.82. The number of rotatable bonds is 1. The van der Waals surface area contributed by atoms with Crippen LogP contribution in [0.4, 0.5) is 0 Å². The molecule has 0 spiro atoms. The normalized spacial score (nSPS) is 12.9. The standard InChI is InChI=1S/CH4O3S.H2O6S2/c1-5(2,3)4;1-7(2,3)8(4,5)6/h1H3,(H,2,3,4);(H,1,2,3)(H,4,5,6). The maximum Gasteiger partial charge on any atom is 0.397 e. The molecule has 0 saturated heterocycles. The zero-order valence-corrected chi connectivity index (χ0v) is 8.47. The van der Waals surface area contributed by atoms with E-state index in [4.69, 9.17) is 13.7 Å². The Balaban J connectivity index is 0. The van der Waals surface area contributed by atoms with Crippen LogP contribution in [0.2, 0.25) is 0 Å². The minimum Gasteiger partial charge on any atom is -0.286 e. The van der Waals surface area contributed by atoms with E-state index in [1.807, 2.05) is 0 Å². The Morgan fingerprint density at radius 2 is 0.769 bits per heavy atom. The average molecular weight is 258 g/mol. The Hall–Kier alpha value is -0.270. The SMILES string of the molecule is CS(=O)(=O)O.O=S(=O)(O)S(=O)(=O)O. The lowest BCUT2D eigenvalue weighted by Gasteiger charge is -1.84. The largest absolute Gasteiger partial charge is 0.397 e. The van der Waals surface area contributed by atoms with Gasteiger partial charge in [-0.05, 0) is 0 Å². The third-order valence-corrected chi connectivity index (χ3v) is 2.40. The van der Waals surface area contributed by atoms with Gasteiger partial charge in [0.05, 0.1) is 6.26 Å². The lowest BCUT2D eigenvalue weighted by atomic mass is 12.0. The topological polar surface area (TPSA) is 163 Å². The van der Waals surface area contributed by atoms with Crippen LogP contribution in [0.3, 0.4) is 0 Å². The molecule has 9 nitrogen and oxygen atoms in total. The van der Waals surface area contributed by atoms with Crippen LogP contribution in [0.25, 0.3) is 0 Å². The van der Waals surface area contributed by atoms with Gasteiger partial charge in [-0.1, -0.05) is 0 Å². The van der Waals surface area contributed by atoms with Crippen LogP contribution >= 0.6 is 0 Å². The van der Waals surface area contributed by atoms with Gasteiger partial charge in [0.15, 0.2) is 0 Å². The molecule has 12 heteroatoms. The van der Waals surface area contributed by atoms with Crippen molar-refractivity contribution in [3.63, 3.8) is 0 Å². The lowest BCUT2D eigenvalue weighted by Crippen LogP contribution is -2.11.